The Bertz CT molecular complexity index is 31.8. The predicted octanol–water partition coefficient (Wildman–Crippen LogP) is -1.64. The van der Waals surface area contributed by atoms with Crippen LogP contribution in [0.2, 0.25) is 0 Å². The Morgan fingerprint density at radius 2 is 1.50 bits per heavy atom. The standard InChI is InChI=1S/HNO3.2Na.2H/c2-1(3)4;;;;/h(H,2,3,4);;;;. The van der Waals surface area contributed by atoms with Crippen LogP contribution < -0.4 is 0 Å². The van der Waals surface area contributed by atoms with Gasteiger partial charge in [0.2, 0.25) is 0 Å². The third-order valence-corrected chi connectivity index (χ3v) is 0. The third-order valence-electron chi connectivity index (χ3n) is 0. The molecule has 0 amide bonds. The Labute approximate surface area is 78.6 Å². The van der Waals surface area contributed by atoms with Crippen molar-refractivity contribution in [2.45, 2.75) is 0 Å². The first-order valence-electron chi connectivity index (χ1n) is 0.565. The number of nitrogens with zero attached hydrogens (tertiary/aromatic N) is 1. The van der Waals surface area contributed by atoms with Crippen molar-refractivity contribution in [1.29, 1.82) is 0 Å². The number of hydrogen-bond acceptors (Lipinski definition) is 2. The van der Waals surface area contributed by atoms with Gasteiger partial charge in [0.1, 0.15) is 0 Å². The second-order valence-corrected chi connectivity index (χ2v) is 0.238. The maximum atomic E-state index is 8.36. The summed E-state index contributed by atoms with van der Waals surface area (Å²) in [6.45, 7) is 0. The molecule has 0 saturated heterocycles. The first-order valence-corrected chi connectivity index (χ1v) is 0.565. The fourth-order valence-electron chi connectivity index (χ4n) is 0. The van der Waals surface area contributed by atoms with Gasteiger partial charge in [0.25, 0.3) is 5.09 Å². The summed E-state index contributed by atoms with van der Waals surface area (Å²) < 4.78 is 0. The van der Waals surface area contributed by atoms with Gasteiger partial charge in [-0.3, -0.25) is 0 Å². The van der Waals surface area contributed by atoms with Gasteiger partial charge in [0, 0.05) is 0 Å². The van der Waals surface area contributed by atoms with E-state index in [9.17, 15) is 0 Å². The first-order chi connectivity index (χ1) is 1.73. The van der Waals surface area contributed by atoms with E-state index < -0.39 is 5.09 Å². The molecule has 6 heavy (non-hydrogen) atoms. The second kappa shape index (κ2) is 9.50. The summed E-state index contributed by atoms with van der Waals surface area (Å²) in [4.78, 5) is 8.36. The molecule has 4 nitrogen and oxygen atoms in total. The summed E-state index contributed by atoms with van der Waals surface area (Å²) in [7, 11) is 0. The van der Waals surface area contributed by atoms with Crippen LogP contribution in [0.4, 0.5) is 0 Å². The normalized spacial score (nSPS) is 4.00. The van der Waals surface area contributed by atoms with Crippen LogP contribution >= 0.6 is 0 Å². The van der Waals surface area contributed by atoms with Gasteiger partial charge in [-0.2, -0.15) is 0 Å². The molecule has 0 saturated carbocycles. The third kappa shape index (κ3) is 63.7. The van der Waals surface area contributed by atoms with Gasteiger partial charge in [0.15, 0.2) is 0 Å². The fraction of sp³-hybridized carbons (Fsp3) is 0. The zero-order chi connectivity index (χ0) is 3.58. The van der Waals surface area contributed by atoms with E-state index in [4.69, 9.17) is 15.3 Å². The predicted molar refractivity (Wildman–Crippen MR) is 23.1 cm³/mol. The van der Waals surface area contributed by atoms with E-state index in [0.29, 0.717) is 0 Å². The summed E-state index contributed by atoms with van der Waals surface area (Å²) in [5.41, 5.74) is 0. The van der Waals surface area contributed by atoms with E-state index in [-0.39, 0.29) is 59.1 Å². The molecule has 0 heterocycles. The zero-order valence-corrected chi connectivity index (χ0v) is 1.71. The van der Waals surface area contributed by atoms with E-state index >= 15 is 0 Å². The molecular formula is H3NNa2O3. The van der Waals surface area contributed by atoms with Crippen LogP contribution in [0.15, 0.2) is 0 Å². The first kappa shape index (κ1) is 15.7. The average Bonchev–Trinajstić information content (AvgIpc) is 0.811. The van der Waals surface area contributed by atoms with Crippen molar-refractivity contribution in [2.24, 2.45) is 0 Å². The molecule has 0 aromatic heterocycles. The van der Waals surface area contributed by atoms with E-state index in [1.165, 1.54) is 0 Å². The van der Waals surface area contributed by atoms with Crippen molar-refractivity contribution in [1.82, 2.24) is 0 Å². The minimum absolute atomic E-state index is 0. The summed E-state index contributed by atoms with van der Waals surface area (Å²) in [5, 5.41) is 13.6. The van der Waals surface area contributed by atoms with Crippen LogP contribution in [-0.2, 0) is 0 Å². The van der Waals surface area contributed by atoms with Crippen molar-refractivity contribution in [3.05, 3.63) is 10.1 Å². The van der Waals surface area contributed by atoms with Crippen molar-refractivity contribution >= 4 is 59.1 Å². The number of hydrogen-bond donors (Lipinski definition) is 1. The molecule has 0 aliphatic heterocycles. The fourth-order valence-corrected chi connectivity index (χ4v) is 0. The Morgan fingerprint density at radius 3 is 1.50 bits per heavy atom. The van der Waals surface area contributed by atoms with Crippen LogP contribution in [0.1, 0.15) is 0 Å². The van der Waals surface area contributed by atoms with Gasteiger partial charge in [-0.25, -0.2) is 0 Å². The van der Waals surface area contributed by atoms with Crippen LogP contribution in [0.3, 0.4) is 0 Å². The maximum absolute atomic E-state index is 8.36. The average molecular weight is 111 g/mol. The van der Waals surface area contributed by atoms with Crippen LogP contribution in [0.5, 0.6) is 0 Å². The van der Waals surface area contributed by atoms with E-state index in [0.717, 1.165) is 0 Å². The van der Waals surface area contributed by atoms with Gasteiger partial charge in [-0.15, -0.1) is 10.1 Å². The monoisotopic (exact) mass is 111 g/mol. The van der Waals surface area contributed by atoms with Crippen LogP contribution in [0.25, 0.3) is 0 Å². The molecule has 0 atom stereocenters. The summed E-state index contributed by atoms with van der Waals surface area (Å²) in [6, 6.07) is 0. The van der Waals surface area contributed by atoms with Crippen molar-refractivity contribution in [2.75, 3.05) is 0 Å². The van der Waals surface area contributed by atoms with E-state index in [1.807, 2.05) is 0 Å². The SMILES string of the molecule is O=[N+]([O-])O.[NaH].[NaH]. The van der Waals surface area contributed by atoms with Crippen molar-refractivity contribution < 1.29 is 10.3 Å². The van der Waals surface area contributed by atoms with Gasteiger partial charge in [0.05, 0.1) is 0 Å². The topological polar surface area (TPSA) is 63.4 Å². The van der Waals surface area contributed by atoms with E-state index in [2.05, 4.69) is 0 Å². The summed E-state index contributed by atoms with van der Waals surface area (Å²) >= 11 is 0. The minimum atomic E-state index is -1.50. The molecular weight excluding hydrogens is 108 g/mol. The molecule has 0 radical (unpaired) electrons. The van der Waals surface area contributed by atoms with E-state index in [1.54, 1.807) is 0 Å². The molecule has 6 heteroatoms. The Balaban J connectivity index is -0.0000000450. The molecule has 1 N–H and O–H groups in total. The molecule has 0 aliphatic carbocycles. The molecule has 0 unspecified atom stereocenters. The number of rotatable bonds is 0. The Morgan fingerprint density at radius 1 is 1.50 bits per heavy atom. The van der Waals surface area contributed by atoms with Crippen molar-refractivity contribution in [3.63, 3.8) is 0 Å². The van der Waals surface area contributed by atoms with Crippen LogP contribution in [0, 0.1) is 10.1 Å². The van der Waals surface area contributed by atoms with Gasteiger partial charge >= 0.3 is 59.1 Å². The van der Waals surface area contributed by atoms with Crippen molar-refractivity contribution in [3.8, 4) is 0 Å². The van der Waals surface area contributed by atoms with Gasteiger partial charge < -0.3 is 5.21 Å². The molecule has 0 bridgehead atoms. The molecule has 0 aromatic rings. The molecule has 0 aliphatic rings. The van der Waals surface area contributed by atoms with Gasteiger partial charge in [-0.05, 0) is 0 Å². The summed E-state index contributed by atoms with van der Waals surface area (Å²) in [5.74, 6) is 0. The second-order valence-electron chi connectivity index (χ2n) is 0.238. The quantitative estimate of drug-likeness (QED) is 0.231. The Hall–Kier alpha value is 1.20. The van der Waals surface area contributed by atoms with Crippen LogP contribution in [-0.4, -0.2) is 69.4 Å². The zero-order valence-electron chi connectivity index (χ0n) is 1.71. The molecule has 28 valence electrons. The Kier molecular flexibility index (Phi) is 24.9. The van der Waals surface area contributed by atoms with Gasteiger partial charge in [-0.1, -0.05) is 0 Å². The summed E-state index contributed by atoms with van der Waals surface area (Å²) in [6.07, 6.45) is 0. The molecule has 0 spiro atoms. The molecule has 0 rings (SSSR count). The molecule has 0 aromatic carbocycles. The molecule has 0 fully saturated rings.